The van der Waals surface area contributed by atoms with Gasteiger partial charge in [-0.3, -0.25) is 9.48 Å². The van der Waals surface area contributed by atoms with E-state index >= 15 is 0 Å². The highest BCUT2D eigenvalue weighted by Crippen LogP contribution is 2.23. The van der Waals surface area contributed by atoms with Crippen LogP contribution in [0.25, 0.3) is 0 Å². The number of aromatic nitrogens is 3. The fraction of sp³-hybridized carbons (Fsp3) is 0.550. The first kappa shape index (κ1) is 20.4. The van der Waals surface area contributed by atoms with Crippen molar-refractivity contribution in [2.45, 2.75) is 63.8 Å². The van der Waals surface area contributed by atoms with Crippen LogP contribution in [-0.2, 0) is 11.3 Å². The molecule has 2 aromatic rings. The van der Waals surface area contributed by atoms with E-state index < -0.39 is 11.9 Å². The SMILES string of the molecule is CC(C)c1cn(CC[C@H]2CC[C@H](NC(=O)c3cccc(F)c3)[C@H](CO)O2)nn1. The van der Waals surface area contributed by atoms with E-state index in [9.17, 15) is 14.3 Å². The van der Waals surface area contributed by atoms with Crippen LogP contribution in [-0.4, -0.2) is 50.9 Å². The van der Waals surface area contributed by atoms with Crippen molar-refractivity contribution in [3.05, 3.63) is 47.5 Å². The molecule has 0 unspecified atom stereocenters. The van der Waals surface area contributed by atoms with Crippen LogP contribution in [0.4, 0.5) is 4.39 Å². The number of nitrogens with one attached hydrogen (secondary N) is 1. The van der Waals surface area contributed by atoms with Gasteiger partial charge in [-0.05, 0) is 43.4 Å². The lowest BCUT2D eigenvalue weighted by Crippen LogP contribution is -2.51. The molecule has 0 saturated carbocycles. The molecule has 2 heterocycles. The minimum Gasteiger partial charge on any atom is -0.394 e. The van der Waals surface area contributed by atoms with Gasteiger partial charge in [0.05, 0.1) is 24.4 Å². The van der Waals surface area contributed by atoms with Gasteiger partial charge in [0.2, 0.25) is 0 Å². The van der Waals surface area contributed by atoms with Crippen LogP contribution in [0.3, 0.4) is 0 Å². The molecule has 1 fully saturated rings. The molecule has 1 aromatic heterocycles. The zero-order chi connectivity index (χ0) is 20.1. The smallest absolute Gasteiger partial charge is 0.251 e. The molecule has 1 aliphatic heterocycles. The number of hydrogen-bond donors (Lipinski definition) is 2. The molecule has 8 heteroatoms. The molecule has 1 aliphatic rings. The Morgan fingerprint density at radius 3 is 2.93 bits per heavy atom. The second-order valence-electron chi connectivity index (χ2n) is 7.50. The number of amides is 1. The van der Waals surface area contributed by atoms with E-state index in [1.807, 2.05) is 10.9 Å². The fourth-order valence-corrected chi connectivity index (χ4v) is 3.35. The summed E-state index contributed by atoms with van der Waals surface area (Å²) in [6.07, 6.45) is 3.63. The van der Waals surface area contributed by atoms with Gasteiger partial charge in [-0.1, -0.05) is 25.1 Å². The molecule has 1 amide bonds. The van der Waals surface area contributed by atoms with Crippen molar-refractivity contribution in [1.82, 2.24) is 20.3 Å². The lowest BCUT2D eigenvalue weighted by Gasteiger charge is -2.36. The number of hydrogen-bond acceptors (Lipinski definition) is 5. The Morgan fingerprint density at radius 2 is 2.25 bits per heavy atom. The summed E-state index contributed by atoms with van der Waals surface area (Å²) in [4.78, 5) is 12.3. The average Bonchev–Trinajstić information content (AvgIpc) is 3.16. The second kappa shape index (κ2) is 9.25. The minimum absolute atomic E-state index is 0.0221. The molecular formula is C20H27FN4O3. The van der Waals surface area contributed by atoms with E-state index in [1.165, 1.54) is 18.2 Å². The van der Waals surface area contributed by atoms with Crippen LogP contribution >= 0.6 is 0 Å². The van der Waals surface area contributed by atoms with Crippen molar-refractivity contribution < 1.29 is 19.0 Å². The molecule has 0 aliphatic carbocycles. The molecule has 2 N–H and O–H groups in total. The first-order chi connectivity index (χ1) is 13.5. The Hall–Kier alpha value is -2.32. The number of aliphatic hydroxyl groups excluding tert-OH is 1. The predicted octanol–water partition coefficient (Wildman–Crippen LogP) is 2.27. The van der Waals surface area contributed by atoms with Crippen LogP contribution in [0.5, 0.6) is 0 Å². The fourth-order valence-electron chi connectivity index (χ4n) is 3.35. The van der Waals surface area contributed by atoms with Gasteiger partial charge in [0, 0.05) is 18.3 Å². The van der Waals surface area contributed by atoms with Gasteiger partial charge in [0.15, 0.2) is 0 Å². The Morgan fingerprint density at radius 1 is 1.43 bits per heavy atom. The van der Waals surface area contributed by atoms with Crippen molar-refractivity contribution in [1.29, 1.82) is 0 Å². The molecular weight excluding hydrogens is 363 g/mol. The topological polar surface area (TPSA) is 89.3 Å². The molecule has 1 saturated heterocycles. The first-order valence-electron chi connectivity index (χ1n) is 9.69. The molecule has 0 radical (unpaired) electrons. The second-order valence-corrected chi connectivity index (χ2v) is 7.50. The van der Waals surface area contributed by atoms with E-state index in [0.717, 1.165) is 18.5 Å². The normalized spacial score (nSPS) is 22.4. The number of ether oxygens (including phenoxy) is 1. The number of benzene rings is 1. The summed E-state index contributed by atoms with van der Waals surface area (Å²) < 4.78 is 21.1. The number of nitrogens with zero attached hydrogens (tertiary/aromatic N) is 3. The molecule has 0 bridgehead atoms. The van der Waals surface area contributed by atoms with Crippen molar-refractivity contribution in [2.75, 3.05) is 6.61 Å². The van der Waals surface area contributed by atoms with Crippen molar-refractivity contribution in [3.63, 3.8) is 0 Å². The minimum atomic E-state index is -0.488. The van der Waals surface area contributed by atoms with Crippen molar-refractivity contribution >= 4 is 5.91 Å². The van der Waals surface area contributed by atoms with Gasteiger partial charge in [0.1, 0.15) is 11.9 Å². The molecule has 3 atom stereocenters. The highest BCUT2D eigenvalue weighted by molar-refractivity contribution is 5.94. The van der Waals surface area contributed by atoms with E-state index in [0.29, 0.717) is 18.9 Å². The van der Waals surface area contributed by atoms with Crippen LogP contribution in [0.15, 0.2) is 30.5 Å². The Kier molecular flexibility index (Phi) is 6.74. The van der Waals surface area contributed by atoms with Crippen molar-refractivity contribution in [2.24, 2.45) is 0 Å². The largest absolute Gasteiger partial charge is 0.394 e. The quantitative estimate of drug-likeness (QED) is 0.757. The van der Waals surface area contributed by atoms with E-state index in [1.54, 1.807) is 6.07 Å². The summed E-state index contributed by atoms with van der Waals surface area (Å²) in [5.41, 5.74) is 1.21. The van der Waals surface area contributed by atoms with Crippen LogP contribution < -0.4 is 5.32 Å². The van der Waals surface area contributed by atoms with Crippen LogP contribution in [0, 0.1) is 5.82 Å². The third-order valence-electron chi connectivity index (χ3n) is 5.03. The number of aliphatic hydroxyl groups is 1. The Labute approximate surface area is 163 Å². The number of carbonyl (C=O) groups excluding carboxylic acids is 1. The van der Waals surface area contributed by atoms with Gasteiger partial charge in [-0.2, -0.15) is 0 Å². The summed E-state index contributed by atoms with van der Waals surface area (Å²) >= 11 is 0. The number of carbonyl (C=O) groups is 1. The number of halogens is 1. The van der Waals surface area contributed by atoms with Gasteiger partial charge < -0.3 is 15.2 Å². The summed E-state index contributed by atoms with van der Waals surface area (Å²) in [6.45, 7) is 4.64. The van der Waals surface area contributed by atoms with Crippen LogP contribution in [0.1, 0.15) is 55.1 Å². The molecule has 1 aromatic carbocycles. The summed E-state index contributed by atoms with van der Waals surface area (Å²) in [5, 5.41) is 20.8. The summed E-state index contributed by atoms with van der Waals surface area (Å²) in [5.74, 6) is -0.491. The maximum Gasteiger partial charge on any atom is 0.251 e. The van der Waals surface area contributed by atoms with E-state index in [-0.39, 0.29) is 30.2 Å². The maximum absolute atomic E-state index is 13.3. The molecule has 28 heavy (non-hydrogen) atoms. The average molecular weight is 390 g/mol. The standard InChI is InChI=1S/C20H27FN4O3/c1-13(2)18-11-25(24-23-18)9-8-16-6-7-17(19(12-26)28-16)22-20(27)14-4-3-5-15(21)10-14/h3-5,10-11,13,16-17,19,26H,6-9,12H2,1-2H3,(H,22,27)/t16-,17+,19+/m1/s1. The highest BCUT2D eigenvalue weighted by Gasteiger charge is 2.32. The van der Waals surface area contributed by atoms with Crippen LogP contribution in [0.2, 0.25) is 0 Å². The number of rotatable bonds is 7. The molecule has 7 nitrogen and oxygen atoms in total. The molecule has 0 spiro atoms. The van der Waals surface area contributed by atoms with Gasteiger partial charge in [0.25, 0.3) is 5.91 Å². The van der Waals surface area contributed by atoms with Gasteiger partial charge >= 0.3 is 0 Å². The predicted molar refractivity (Wildman–Crippen MR) is 101 cm³/mol. The zero-order valence-corrected chi connectivity index (χ0v) is 16.2. The Balaban J connectivity index is 1.52. The highest BCUT2D eigenvalue weighted by atomic mass is 19.1. The number of aryl methyl sites for hydroxylation is 1. The van der Waals surface area contributed by atoms with E-state index in [4.69, 9.17) is 4.74 Å². The maximum atomic E-state index is 13.3. The summed E-state index contributed by atoms with van der Waals surface area (Å²) in [7, 11) is 0. The Bertz CT molecular complexity index is 795. The van der Waals surface area contributed by atoms with E-state index in [2.05, 4.69) is 29.5 Å². The third kappa shape index (κ3) is 5.14. The molecule has 152 valence electrons. The van der Waals surface area contributed by atoms with Gasteiger partial charge in [-0.15, -0.1) is 5.10 Å². The monoisotopic (exact) mass is 390 g/mol. The first-order valence-corrected chi connectivity index (χ1v) is 9.69. The zero-order valence-electron chi connectivity index (χ0n) is 16.2. The lowest BCUT2D eigenvalue weighted by atomic mass is 9.96. The summed E-state index contributed by atoms with van der Waals surface area (Å²) in [6, 6.07) is 5.23. The van der Waals surface area contributed by atoms with Gasteiger partial charge in [-0.25, -0.2) is 4.39 Å². The lowest BCUT2D eigenvalue weighted by molar-refractivity contribution is -0.0912. The molecule has 3 rings (SSSR count). The van der Waals surface area contributed by atoms with Crippen molar-refractivity contribution in [3.8, 4) is 0 Å². The third-order valence-corrected chi connectivity index (χ3v) is 5.03.